The summed E-state index contributed by atoms with van der Waals surface area (Å²) in [6.07, 6.45) is -5.86. The van der Waals surface area contributed by atoms with Gasteiger partial charge in [0, 0.05) is 0 Å². The van der Waals surface area contributed by atoms with E-state index in [1.165, 1.54) is 24.3 Å². The SMILES string of the molecule is COC(=O)c1ccc(C(CC(=O)O)NC(=O)C(F)(F)F)cc1. The molecule has 1 aromatic rings. The van der Waals surface area contributed by atoms with Gasteiger partial charge in [-0.1, -0.05) is 12.1 Å². The molecule has 22 heavy (non-hydrogen) atoms. The zero-order valence-electron chi connectivity index (χ0n) is 11.3. The number of benzene rings is 1. The number of carbonyl (C=O) groups is 3. The summed E-state index contributed by atoms with van der Waals surface area (Å²) >= 11 is 0. The number of hydrogen-bond donors (Lipinski definition) is 2. The summed E-state index contributed by atoms with van der Waals surface area (Å²) < 4.78 is 41.2. The molecule has 0 bridgehead atoms. The summed E-state index contributed by atoms with van der Waals surface area (Å²) in [4.78, 5) is 32.9. The molecule has 0 saturated carbocycles. The quantitative estimate of drug-likeness (QED) is 0.805. The maximum Gasteiger partial charge on any atom is 0.471 e. The Balaban J connectivity index is 2.99. The Labute approximate surface area is 122 Å². The Morgan fingerprint density at radius 3 is 2.18 bits per heavy atom. The van der Waals surface area contributed by atoms with Gasteiger partial charge >= 0.3 is 24.0 Å². The minimum atomic E-state index is -5.12. The van der Waals surface area contributed by atoms with E-state index in [9.17, 15) is 27.6 Å². The molecule has 6 nitrogen and oxygen atoms in total. The third-order valence-corrected chi connectivity index (χ3v) is 2.68. The number of hydrogen-bond acceptors (Lipinski definition) is 4. The first-order valence-electron chi connectivity index (χ1n) is 5.93. The van der Waals surface area contributed by atoms with E-state index in [2.05, 4.69) is 4.74 Å². The van der Waals surface area contributed by atoms with Crippen molar-refractivity contribution in [2.75, 3.05) is 7.11 Å². The summed E-state index contributed by atoms with van der Waals surface area (Å²) in [5, 5.41) is 10.3. The van der Waals surface area contributed by atoms with Crippen molar-refractivity contribution in [3.8, 4) is 0 Å². The third-order valence-electron chi connectivity index (χ3n) is 2.68. The summed E-state index contributed by atoms with van der Waals surface area (Å²) in [6.45, 7) is 0. The first kappa shape index (κ1) is 17.5. The number of carboxylic acid groups (broad SMARTS) is 1. The Morgan fingerprint density at radius 1 is 1.23 bits per heavy atom. The highest BCUT2D eigenvalue weighted by atomic mass is 19.4. The van der Waals surface area contributed by atoms with Crippen LogP contribution in [0.4, 0.5) is 13.2 Å². The lowest BCUT2D eigenvalue weighted by atomic mass is 10.0. The second-order valence-corrected chi connectivity index (χ2v) is 4.24. The highest BCUT2D eigenvalue weighted by Crippen LogP contribution is 2.22. The van der Waals surface area contributed by atoms with E-state index in [1.54, 1.807) is 5.32 Å². The van der Waals surface area contributed by atoms with Gasteiger partial charge in [0.05, 0.1) is 25.1 Å². The van der Waals surface area contributed by atoms with E-state index in [4.69, 9.17) is 5.11 Å². The van der Waals surface area contributed by atoms with Gasteiger partial charge in [-0.15, -0.1) is 0 Å². The number of nitrogens with one attached hydrogen (secondary N) is 1. The molecule has 1 atom stereocenters. The largest absolute Gasteiger partial charge is 0.481 e. The van der Waals surface area contributed by atoms with Crippen molar-refractivity contribution < 1.29 is 37.4 Å². The molecule has 0 radical (unpaired) electrons. The number of rotatable bonds is 5. The summed E-state index contributed by atoms with van der Waals surface area (Å²) in [5.74, 6) is -4.28. The van der Waals surface area contributed by atoms with Crippen LogP contribution >= 0.6 is 0 Å². The molecule has 1 rings (SSSR count). The van der Waals surface area contributed by atoms with E-state index in [0.717, 1.165) is 7.11 Å². The molecule has 0 aliphatic rings. The normalized spacial score (nSPS) is 12.4. The predicted molar refractivity (Wildman–Crippen MR) is 67.0 cm³/mol. The molecule has 0 aliphatic heterocycles. The molecule has 0 fully saturated rings. The molecule has 1 amide bonds. The van der Waals surface area contributed by atoms with Gasteiger partial charge in [-0.3, -0.25) is 9.59 Å². The van der Waals surface area contributed by atoms with Crippen LogP contribution in [-0.4, -0.2) is 36.2 Å². The van der Waals surface area contributed by atoms with E-state index in [1.807, 2.05) is 0 Å². The van der Waals surface area contributed by atoms with Crippen LogP contribution in [0.2, 0.25) is 0 Å². The van der Waals surface area contributed by atoms with Crippen LogP contribution < -0.4 is 5.32 Å². The number of aliphatic carboxylic acids is 1. The molecule has 1 unspecified atom stereocenters. The molecular formula is C13H12F3NO5. The van der Waals surface area contributed by atoms with Gasteiger partial charge in [-0.2, -0.15) is 13.2 Å². The fourth-order valence-corrected chi connectivity index (χ4v) is 1.64. The third kappa shape index (κ3) is 4.76. The lowest BCUT2D eigenvalue weighted by Crippen LogP contribution is -2.39. The highest BCUT2D eigenvalue weighted by molar-refractivity contribution is 5.89. The van der Waals surface area contributed by atoms with E-state index in [0.29, 0.717) is 0 Å². The van der Waals surface area contributed by atoms with Crippen LogP contribution in [0.5, 0.6) is 0 Å². The second kappa shape index (κ2) is 6.92. The number of carbonyl (C=O) groups excluding carboxylic acids is 2. The molecule has 1 aromatic carbocycles. The van der Waals surface area contributed by atoms with Gasteiger partial charge in [0.15, 0.2) is 0 Å². The van der Waals surface area contributed by atoms with Crippen molar-refractivity contribution in [3.05, 3.63) is 35.4 Å². The Morgan fingerprint density at radius 2 is 1.77 bits per heavy atom. The number of carboxylic acids is 1. The van der Waals surface area contributed by atoms with E-state index in [-0.39, 0.29) is 11.1 Å². The Hall–Kier alpha value is -2.58. The minimum absolute atomic E-state index is 0.118. The van der Waals surface area contributed by atoms with Gasteiger partial charge in [0.2, 0.25) is 0 Å². The van der Waals surface area contributed by atoms with Crippen LogP contribution in [0, 0.1) is 0 Å². The van der Waals surface area contributed by atoms with Crippen LogP contribution in [-0.2, 0) is 14.3 Å². The van der Waals surface area contributed by atoms with Crippen molar-refractivity contribution >= 4 is 17.8 Å². The number of methoxy groups -OCH3 is 1. The maximum absolute atomic E-state index is 12.3. The van der Waals surface area contributed by atoms with E-state index < -0.39 is 36.5 Å². The number of amides is 1. The van der Waals surface area contributed by atoms with Gasteiger partial charge < -0.3 is 15.2 Å². The lowest BCUT2D eigenvalue weighted by molar-refractivity contribution is -0.174. The van der Waals surface area contributed by atoms with Crippen molar-refractivity contribution in [3.63, 3.8) is 0 Å². The van der Waals surface area contributed by atoms with Gasteiger partial charge in [0.25, 0.3) is 0 Å². The Bertz CT molecular complexity index is 568. The van der Waals surface area contributed by atoms with Crippen molar-refractivity contribution in [2.24, 2.45) is 0 Å². The fraction of sp³-hybridized carbons (Fsp3) is 0.308. The van der Waals surface area contributed by atoms with Gasteiger partial charge in [-0.05, 0) is 17.7 Å². The van der Waals surface area contributed by atoms with Crippen LogP contribution in [0.15, 0.2) is 24.3 Å². The molecule has 0 saturated heterocycles. The fourth-order valence-electron chi connectivity index (χ4n) is 1.64. The molecular weight excluding hydrogens is 307 g/mol. The minimum Gasteiger partial charge on any atom is -0.481 e. The zero-order chi connectivity index (χ0) is 16.9. The standard InChI is InChI=1S/C13H12F3NO5/c1-22-11(20)8-4-2-7(3-5-8)9(6-10(18)19)17-12(21)13(14,15)16/h2-5,9H,6H2,1H3,(H,17,21)(H,18,19). The topological polar surface area (TPSA) is 92.7 Å². The molecule has 9 heteroatoms. The van der Waals surface area contributed by atoms with Crippen LogP contribution in [0.25, 0.3) is 0 Å². The molecule has 0 aliphatic carbocycles. The average Bonchev–Trinajstić information content (AvgIpc) is 2.44. The van der Waals surface area contributed by atoms with Crippen LogP contribution in [0.1, 0.15) is 28.4 Å². The number of ether oxygens (including phenoxy) is 1. The maximum atomic E-state index is 12.3. The summed E-state index contributed by atoms with van der Waals surface area (Å²) in [7, 11) is 1.16. The van der Waals surface area contributed by atoms with E-state index >= 15 is 0 Å². The molecule has 0 aromatic heterocycles. The number of esters is 1. The van der Waals surface area contributed by atoms with Crippen molar-refractivity contribution in [1.29, 1.82) is 0 Å². The average molecular weight is 319 g/mol. The summed E-state index contributed by atoms with van der Waals surface area (Å²) in [6, 6.07) is 3.64. The zero-order valence-corrected chi connectivity index (χ0v) is 11.3. The molecule has 0 spiro atoms. The van der Waals surface area contributed by atoms with Crippen LogP contribution in [0.3, 0.4) is 0 Å². The number of alkyl halides is 3. The lowest BCUT2D eigenvalue weighted by Gasteiger charge is -2.18. The predicted octanol–water partition coefficient (Wildman–Crippen LogP) is 1.67. The second-order valence-electron chi connectivity index (χ2n) is 4.24. The van der Waals surface area contributed by atoms with Crippen molar-refractivity contribution in [1.82, 2.24) is 5.32 Å². The molecule has 2 N–H and O–H groups in total. The molecule has 0 heterocycles. The van der Waals surface area contributed by atoms with Crippen molar-refractivity contribution in [2.45, 2.75) is 18.6 Å². The molecule has 120 valence electrons. The first-order valence-corrected chi connectivity index (χ1v) is 5.93. The number of halogens is 3. The smallest absolute Gasteiger partial charge is 0.471 e. The monoisotopic (exact) mass is 319 g/mol. The highest BCUT2D eigenvalue weighted by Gasteiger charge is 2.40. The first-order chi connectivity index (χ1) is 10.1. The Kier molecular flexibility index (Phi) is 5.50. The van der Waals surface area contributed by atoms with Gasteiger partial charge in [0.1, 0.15) is 0 Å². The summed E-state index contributed by atoms with van der Waals surface area (Å²) in [5.41, 5.74) is 0.259. The van der Waals surface area contributed by atoms with Gasteiger partial charge in [-0.25, -0.2) is 4.79 Å².